The third-order valence-corrected chi connectivity index (χ3v) is 29.0. The zero-order chi connectivity index (χ0) is 17.7. The molecule has 126 valence electrons. The number of nitrogens with zero attached hydrogens (tertiary/aromatic N) is 1. The van der Waals surface area contributed by atoms with Crippen molar-refractivity contribution in [1.29, 1.82) is 0 Å². The molecule has 0 spiro atoms. The monoisotopic (exact) mass is 363 g/mol. The van der Waals surface area contributed by atoms with Crippen molar-refractivity contribution in [2.24, 2.45) is 0 Å². The zero-order valence-electron chi connectivity index (χ0n) is 16.9. The lowest BCUT2D eigenvalue weighted by atomic mass is 9.90. The fourth-order valence-electron chi connectivity index (χ4n) is 5.08. The van der Waals surface area contributed by atoms with Crippen molar-refractivity contribution in [3.8, 4) is 0 Å². The van der Waals surface area contributed by atoms with Gasteiger partial charge in [0.1, 0.15) is 8.24 Å². The number of halogens is 1. The molecule has 0 aliphatic carbocycles. The van der Waals surface area contributed by atoms with E-state index < -0.39 is 39.6 Å². The Balaban J connectivity index is 6.45. The lowest BCUT2D eigenvalue weighted by molar-refractivity contribution is 0.638. The molecule has 0 aliphatic heterocycles. The Kier molecular flexibility index (Phi) is 6.27. The standard InChI is InChI=1S/C14H39BFNSi4/c1-17(21(11,12)13)15(16)14(18(2,3)4,19(5,6)7)20(8,9)10/h1-13H3. The quantitative estimate of drug-likeness (QED) is 0.557. The molecule has 0 rings (SSSR count). The van der Waals surface area contributed by atoms with Crippen molar-refractivity contribution in [1.82, 2.24) is 4.48 Å². The summed E-state index contributed by atoms with van der Waals surface area (Å²) in [5.41, 5.74) is 0. The van der Waals surface area contributed by atoms with Gasteiger partial charge in [-0.25, -0.2) is 0 Å². The molecule has 0 bridgehead atoms. The van der Waals surface area contributed by atoms with Gasteiger partial charge in [-0.15, -0.1) is 0 Å². The molecule has 0 aromatic rings. The predicted octanol–water partition coefficient (Wildman–Crippen LogP) is 5.58. The second-order valence-electron chi connectivity index (χ2n) is 10.7. The van der Waals surface area contributed by atoms with Crippen LogP contribution in [0.15, 0.2) is 0 Å². The minimum atomic E-state index is -1.68. The van der Waals surface area contributed by atoms with Gasteiger partial charge >= 0.3 is 7.12 Å². The summed E-state index contributed by atoms with van der Waals surface area (Å²) in [6.45, 7) is 28.5. The minimum Gasteiger partial charge on any atom is -0.338 e. The highest BCUT2D eigenvalue weighted by atomic mass is 28.5. The molecule has 0 heterocycles. The molecule has 0 radical (unpaired) electrons. The third kappa shape index (κ3) is 3.84. The summed E-state index contributed by atoms with van der Waals surface area (Å²) in [6.07, 6.45) is 0. The van der Waals surface area contributed by atoms with Gasteiger partial charge in [0.15, 0.2) is 0 Å². The van der Waals surface area contributed by atoms with Crippen molar-refractivity contribution < 1.29 is 4.32 Å². The number of hydrogen-bond donors (Lipinski definition) is 0. The largest absolute Gasteiger partial charge is 0.422 e. The van der Waals surface area contributed by atoms with Gasteiger partial charge in [-0.2, -0.15) is 0 Å². The Bertz CT molecular complexity index is 327. The summed E-state index contributed by atoms with van der Waals surface area (Å²) in [4.78, 5) is 0. The molecule has 0 aromatic heterocycles. The van der Waals surface area contributed by atoms with E-state index in [4.69, 9.17) is 0 Å². The van der Waals surface area contributed by atoms with E-state index in [-0.39, 0.29) is 4.18 Å². The summed E-state index contributed by atoms with van der Waals surface area (Å²) in [7, 11) is -5.42. The van der Waals surface area contributed by atoms with Gasteiger partial charge in [-0.1, -0.05) is 78.6 Å². The molecule has 21 heavy (non-hydrogen) atoms. The number of hydrogen-bond acceptors (Lipinski definition) is 1. The summed E-state index contributed by atoms with van der Waals surface area (Å²) in [5.74, 6) is 0. The van der Waals surface area contributed by atoms with Gasteiger partial charge < -0.3 is 8.79 Å². The van der Waals surface area contributed by atoms with Gasteiger partial charge in [0.2, 0.25) is 0 Å². The minimum absolute atomic E-state index is 0.0397. The Morgan fingerprint density at radius 2 is 0.905 bits per heavy atom. The van der Waals surface area contributed by atoms with Crippen LogP contribution < -0.4 is 0 Å². The van der Waals surface area contributed by atoms with Crippen molar-refractivity contribution in [3.05, 3.63) is 0 Å². The van der Waals surface area contributed by atoms with Crippen LogP contribution in [0.5, 0.6) is 0 Å². The summed E-state index contributed by atoms with van der Waals surface area (Å²) in [5, 5.41) is 0. The first kappa shape index (κ1) is 21.8. The summed E-state index contributed by atoms with van der Waals surface area (Å²) >= 11 is 0. The average molecular weight is 364 g/mol. The maximum absolute atomic E-state index is 16.2. The van der Waals surface area contributed by atoms with E-state index in [9.17, 15) is 0 Å². The Labute approximate surface area is 138 Å². The van der Waals surface area contributed by atoms with Crippen LogP contribution in [0.25, 0.3) is 0 Å². The van der Waals surface area contributed by atoms with E-state index in [0.717, 1.165) is 0 Å². The van der Waals surface area contributed by atoms with E-state index in [1.165, 1.54) is 0 Å². The summed E-state index contributed by atoms with van der Waals surface area (Å²) < 4.78 is 18.3. The molecular formula is C14H39BFNSi4. The van der Waals surface area contributed by atoms with E-state index in [2.05, 4.69) is 83.0 Å². The Morgan fingerprint density at radius 3 is 1.05 bits per heavy atom. The molecule has 0 aliphatic rings. The smallest absolute Gasteiger partial charge is 0.338 e. The first-order valence-corrected chi connectivity index (χ1v) is 22.1. The average Bonchev–Trinajstić information content (AvgIpc) is 2.07. The molecule has 0 fully saturated rings. The van der Waals surface area contributed by atoms with E-state index >= 15 is 4.32 Å². The maximum Gasteiger partial charge on any atom is 0.422 e. The number of rotatable bonds is 6. The molecule has 0 atom stereocenters. The highest BCUT2D eigenvalue weighted by Crippen LogP contribution is 2.56. The first-order valence-electron chi connectivity index (χ1n) is 8.19. The zero-order valence-corrected chi connectivity index (χ0v) is 20.9. The van der Waals surface area contributed by atoms with E-state index in [0.29, 0.717) is 0 Å². The van der Waals surface area contributed by atoms with Crippen LogP contribution in [0.1, 0.15) is 0 Å². The van der Waals surface area contributed by atoms with Crippen LogP contribution in [0.3, 0.4) is 0 Å². The molecule has 0 saturated carbocycles. The lowest BCUT2D eigenvalue weighted by Gasteiger charge is -2.61. The Morgan fingerprint density at radius 1 is 0.667 bits per heavy atom. The molecule has 0 N–H and O–H groups in total. The highest BCUT2D eigenvalue weighted by Gasteiger charge is 2.68. The molecule has 0 saturated heterocycles. The van der Waals surface area contributed by atoms with Gasteiger partial charge in [0, 0.05) is 24.2 Å². The third-order valence-electron chi connectivity index (χ3n) is 5.30. The lowest BCUT2D eigenvalue weighted by Crippen LogP contribution is -2.75. The normalized spacial score (nSPS) is 15.6. The Hall–Kier alpha value is 0.822. The van der Waals surface area contributed by atoms with Crippen LogP contribution in [0, 0.1) is 0 Å². The maximum atomic E-state index is 16.2. The van der Waals surface area contributed by atoms with Crippen LogP contribution in [-0.4, -0.2) is 51.1 Å². The fourth-order valence-corrected chi connectivity index (χ4v) is 36.1. The topological polar surface area (TPSA) is 3.24 Å². The van der Waals surface area contributed by atoms with Crippen LogP contribution >= 0.6 is 0 Å². The second-order valence-corrected chi connectivity index (χ2v) is 33.1. The van der Waals surface area contributed by atoms with Crippen molar-refractivity contribution in [3.63, 3.8) is 0 Å². The molecule has 0 amide bonds. The molecular weight excluding hydrogens is 324 g/mol. The van der Waals surface area contributed by atoms with Crippen molar-refractivity contribution >= 4 is 39.6 Å². The van der Waals surface area contributed by atoms with Crippen LogP contribution in [0.4, 0.5) is 4.32 Å². The first-order chi connectivity index (χ1) is 8.82. The summed E-state index contributed by atoms with van der Waals surface area (Å²) in [6, 6.07) is 0. The highest BCUT2D eigenvalue weighted by molar-refractivity contribution is 7.25. The van der Waals surface area contributed by atoms with Crippen LogP contribution in [0.2, 0.25) is 82.7 Å². The fraction of sp³-hybridized carbons (Fsp3) is 1.00. The second kappa shape index (κ2) is 6.03. The SMILES string of the molecule is CN(B(F)C([Si](C)(C)C)([Si](C)(C)C)[Si](C)(C)C)[Si](C)(C)C. The molecule has 0 unspecified atom stereocenters. The predicted molar refractivity (Wildman–Crippen MR) is 111 cm³/mol. The molecule has 7 heteroatoms. The molecule has 0 aromatic carbocycles. The van der Waals surface area contributed by atoms with Crippen molar-refractivity contribution in [2.45, 2.75) is 82.7 Å². The van der Waals surface area contributed by atoms with Crippen LogP contribution in [-0.2, 0) is 0 Å². The van der Waals surface area contributed by atoms with Gasteiger partial charge in [-0.05, 0) is 11.2 Å². The van der Waals surface area contributed by atoms with Gasteiger partial charge in [0.25, 0.3) is 0 Å². The van der Waals surface area contributed by atoms with Gasteiger partial charge in [0.05, 0.1) is 0 Å². The van der Waals surface area contributed by atoms with E-state index in [1.807, 2.05) is 7.05 Å². The van der Waals surface area contributed by atoms with Crippen molar-refractivity contribution in [2.75, 3.05) is 7.05 Å². The van der Waals surface area contributed by atoms with Gasteiger partial charge in [-0.3, -0.25) is 0 Å². The molecule has 1 nitrogen and oxygen atoms in total. The van der Waals surface area contributed by atoms with E-state index in [1.54, 1.807) is 0 Å².